The average molecular weight is 289 g/mol. The van der Waals surface area contributed by atoms with Crippen molar-refractivity contribution in [1.29, 1.82) is 0 Å². The van der Waals surface area contributed by atoms with Gasteiger partial charge in [0.1, 0.15) is 5.54 Å². The first kappa shape index (κ1) is 16.0. The number of carbonyl (C=O) groups excluding carboxylic acids is 1. The summed E-state index contributed by atoms with van der Waals surface area (Å²) < 4.78 is 5.37. The van der Waals surface area contributed by atoms with Crippen LogP contribution in [0.1, 0.15) is 57.4 Å². The summed E-state index contributed by atoms with van der Waals surface area (Å²) in [5.74, 6) is -0.0668. The highest BCUT2D eigenvalue weighted by Crippen LogP contribution is 2.28. The summed E-state index contributed by atoms with van der Waals surface area (Å²) in [6.45, 7) is 3.05. The van der Waals surface area contributed by atoms with E-state index >= 15 is 0 Å². The smallest absolute Gasteiger partial charge is 0.326 e. The molecule has 21 heavy (non-hydrogen) atoms. The summed E-state index contributed by atoms with van der Waals surface area (Å²) in [5, 5.41) is 3.53. The summed E-state index contributed by atoms with van der Waals surface area (Å²) in [7, 11) is 0. The van der Waals surface area contributed by atoms with E-state index in [9.17, 15) is 4.79 Å². The molecular weight excluding hydrogens is 262 g/mol. The van der Waals surface area contributed by atoms with Crippen molar-refractivity contribution in [2.24, 2.45) is 0 Å². The summed E-state index contributed by atoms with van der Waals surface area (Å²) in [4.78, 5) is 12.5. The monoisotopic (exact) mass is 289 g/mol. The molecule has 0 aliphatic heterocycles. The molecule has 1 aliphatic carbocycles. The standard InChI is InChI=1S/C18H27NO2/c1-2-21-17(20)18(13-9-4-3-5-10-14-18)19-15-16-11-7-6-8-12-16/h6-8,11-12,19H,2-5,9-10,13-15H2,1H3. The minimum atomic E-state index is -0.494. The maximum absolute atomic E-state index is 12.5. The fourth-order valence-electron chi connectivity index (χ4n) is 3.10. The Kier molecular flexibility index (Phi) is 6.24. The molecule has 0 atom stereocenters. The molecule has 0 radical (unpaired) electrons. The van der Waals surface area contributed by atoms with Gasteiger partial charge in [0.15, 0.2) is 0 Å². The van der Waals surface area contributed by atoms with Crippen LogP contribution in [0.3, 0.4) is 0 Å². The molecular formula is C18H27NO2. The van der Waals surface area contributed by atoms with Crippen molar-refractivity contribution in [3.8, 4) is 0 Å². The number of benzene rings is 1. The van der Waals surface area contributed by atoms with Gasteiger partial charge in [0, 0.05) is 6.54 Å². The fourth-order valence-corrected chi connectivity index (χ4v) is 3.10. The molecule has 1 aliphatic rings. The molecule has 1 saturated carbocycles. The normalized spacial score (nSPS) is 18.5. The highest BCUT2D eigenvalue weighted by molar-refractivity contribution is 5.80. The third-order valence-electron chi connectivity index (χ3n) is 4.35. The Morgan fingerprint density at radius 1 is 1.10 bits per heavy atom. The Labute approximate surface area is 128 Å². The van der Waals surface area contributed by atoms with E-state index < -0.39 is 5.54 Å². The van der Waals surface area contributed by atoms with Crippen LogP contribution in [0.15, 0.2) is 30.3 Å². The largest absolute Gasteiger partial charge is 0.465 e. The molecule has 0 spiro atoms. The van der Waals surface area contributed by atoms with Gasteiger partial charge in [-0.2, -0.15) is 0 Å². The van der Waals surface area contributed by atoms with Gasteiger partial charge in [-0.3, -0.25) is 10.1 Å². The molecule has 2 rings (SSSR count). The number of nitrogens with one attached hydrogen (secondary N) is 1. The van der Waals surface area contributed by atoms with Crippen LogP contribution in [0.25, 0.3) is 0 Å². The number of hydrogen-bond donors (Lipinski definition) is 1. The topological polar surface area (TPSA) is 38.3 Å². The van der Waals surface area contributed by atoms with Crippen molar-refractivity contribution >= 4 is 5.97 Å². The Balaban J connectivity index is 2.08. The fraction of sp³-hybridized carbons (Fsp3) is 0.611. The lowest BCUT2D eigenvalue weighted by Crippen LogP contribution is -2.53. The van der Waals surface area contributed by atoms with Crippen LogP contribution < -0.4 is 5.32 Å². The number of esters is 1. The van der Waals surface area contributed by atoms with E-state index in [-0.39, 0.29) is 5.97 Å². The molecule has 0 bridgehead atoms. The zero-order valence-corrected chi connectivity index (χ0v) is 13.1. The third kappa shape index (κ3) is 4.57. The number of carbonyl (C=O) groups is 1. The molecule has 3 heteroatoms. The molecule has 0 saturated heterocycles. The second-order valence-corrected chi connectivity index (χ2v) is 5.91. The predicted molar refractivity (Wildman–Crippen MR) is 85.0 cm³/mol. The Morgan fingerprint density at radius 3 is 2.33 bits per heavy atom. The lowest BCUT2D eigenvalue weighted by Gasteiger charge is -2.34. The van der Waals surface area contributed by atoms with Crippen LogP contribution in [0.2, 0.25) is 0 Å². The zero-order chi connectivity index (χ0) is 15.0. The van der Waals surface area contributed by atoms with E-state index in [0.717, 1.165) is 32.2 Å². The van der Waals surface area contributed by atoms with Crippen molar-refractivity contribution in [1.82, 2.24) is 5.32 Å². The number of rotatable bonds is 5. The summed E-state index contributed by atoms with van der Waals surface area (Å²) >= 11 is 0. The molecule has 1 aromatic carbocycles. The van der Waals surface area contributed by atoms with Crippen LogP contribution in [-0.2, 0) is 16.1 Å². The van der Waals surface area contributed by atoms with Crippen LogP contribution in [-0.4, -0.2) is 18.1 Å². The van der Waals surface area contributed by atoms with E-state index in [0.29, 0.717) is 6.61 Å². The van der Waals surface area contributed by atoms with Crippen molar-refractivity contribution in [3.05, 3.63) is 35.9 Å². The highest BCUT2D eigenvalue weighted by atomic mass is 16.5. The quantitative estimate of drug-likeness (QED) is 0.837. The minimum Gasteiger partial charge on any atom is -0.465 e. The van der Waals surface area contributed by atoms with Gasteiger partial charge in [-0.1, -0.05) is 62.4 Å². The number of hydrogen-bond acceptors (Lipinski definition) is 3. The van der Waals surface area contributed by atoms with Crippen molar-refractivity contribution in [3.63, 3.8) is 0 Å². The van der Waals surface area contributed by atoms with E-state index in [2.05, 4.69) is 17.4 Å². The Hall–Kier alpha value is -1.35. The van der Waals surface area contributed by atoms with E-state index in [1.54, 1.807) is 0 Å². The highest BCUT2D eigenvalue weighted by Gasteiger charge is 2.38. The van der Waals surface area contributed by atoms with Gasteiger partial charge in [0.2, 0.25) is 0 Å². The molecule has 0 heterocycles. The van der Waals surface area contributed by atoms with Gasteiger partial charge in [-0.15, -0.1) is 0 Å². The van der Waals surface area contributed by atoms with Crippen LogP contribution in [0, 0.1) is 0 Å². The van der Waals surface area contributed by atoms with Crippen LogP contribution in [0.5, 0.6) is 0 Å². The van der Waals surface area contributed by atoms with Gasteiger partial charge < -0.3 is 4.74 Å². The second kappa shape index (κ2) is 8.18. The maximum atomic E-state index is 12.5. The van der Waals surface area contributed by atoms with Gasteiger partial charge in [-0.05, 0) is 25.3 Å². The van der Waals surface area contributed by atoms with Gasteiger partial charge in [0.25, 0.3) is 0 Å². The lowest BCUT2D eigenvalue weighted by molar-refractivity contribution is -0.152. The first-order valence-corrected chi connectivity index (χ1v) is 8.23. The molecule has 1 fully saturated rings. The van der Waals surface area contributed by atoms with Gasteiger partial charge in [-0.25, -0.2) is 0 Å². The molecule has 3 nitrogen and oxygen atoms in total. The Morgan fingerprint density at radius 2 is 1.71 bits per heavy atom. The van der Waals surface area contributed by atoms with Gasteiger partial charge in [0.05, 0.1) is 6.61 Å². The molecule has 116 valence electrons. The molecule has 0 unspecified atom stereocenters. The molecule has 1 aromatic rings. The van der Waals surface area contributed by atoms with Crippen molar-refractivity contribution in [2.45, 2.75) is 64.0 Å². The molecule has 0 aromatic heterocycles. The maximum Gasteiger partial charge on any atom is 0.326 e. The van der Waals surface area contributed by atoms with Crippen molar-refractivity contribution in [2.75, 3.05) is 6.61 Å². The second-order valence-electron chi connectivity index (χ2n) is 5.91. The van der Waals surface area contributed by atoms with E-state index in [1.807, 2.05) is 25.1 Å². The van der Waals surface area contributed by atoms with Crippen molar-refractivity contribution < 1.29 is 9.53 Å². The lowest BCUT2D eigenvalue weighted by atomic mass is 9.83. The predicted octanol–water partition coefficient (Wildman–Crippen LogP) is 3.82. The van der Waals surface area contributed by atoms with E-state index in [1.165, 1.54) is 24.8 Å². The summed E-state index contributed by atoms with van der Waals surface area (Å²) in [6, 6.07) is 10.3. The first-order chi connectivity index (χ1) is 10.3. The van der Waals surface area contributed by atoms with E-state index in [4.69, 9.17) is 4.74 Å². The Bertz CT molecular complexity index is 422. The number of ether oxygens (including phenoxy) is 1. The van der Waals surface area contributed by atoms with Crippen LogP contribution in [0.4, 0.5) is 0 Å². The van der Waals surface area contributed by atoms with Gasteiger partial charge >= 0.3 is 5.97 Å². The summed E-state index contributed by atoms with van der Waals surface area (Å²) in [5.41, 5.74) is 0.718. The molecule has 1 N–H and O–H groups in total. The SMILES string of the molecule is CCOC(=O)C1(NCc2ccccc2)CCCCCCC1. The van der Waals surface area contributed by atoms with Crippen LogP contribution >= 0.6 is 0 Å². The minimum absolute atomic E-state index is 0.0668. The summed E-state index contributed by atoms with van der Waals surface area (Å²) in [6.07, 6.45) is 7.69. The molecule has 0 amide bonds. The average Bonchev–Trinajstić information content (AvgIpc) is 2.48. The third-order valence-corrected chi connectivity index (χ3v) is 4.35. The zero-order valence-electron chi connectivity index (χ0n) is 13.1. The first-order valence-electron chi connectivity index (χ1n) is 8.23.